The molecule has 0 spiro atoms. The molecule has 1 heterocycles. The van der Waals surface area contributed by atoms with Gasteiger partial charge >= 0.3 is 0 Å². The fraction of sp³-hybridized carbons (Fsp3) is 0.125. The van der Waals surface area contributed by atoms with Crippen LogP contribution in [0.15, 0.2) is 18.2 Å². The topological polar surface area (TPSA) is 12.9 Å². The van der Waals surface area contributed by atoms with Crippen molar-refractivity contribution in [3.8, 4) is 0 Å². The molecule has 4 heteroatoms. The van der Waals surface area contributed by atoms with E-state index in [-0.39, 0.29) is 0 Å². The van der Waals surface area contributed by atoms with Crippen LogP contribution in [-0.4, -0.2) is 10.7 Å². The Morgan fingerprint density at radius 2 is 1.92 bits per heavy atom. The molecular weight excluding hydrogens is 180 g/mol. The summed E-state index contributed by atoms with van der Waals surface area (Å²) in [5.41, 5.74) is 0.453. The van der Waals surface area contributed by atoms with E-state index in [1.165, 1.54) is 0 Å². The van der Waals surface area contributed by atoms with Gasteiger partial charge < -0.3 is 0 Å². The monoisotopic (exact) mass is 187 g/mol. The Morgan fingerprint density at radius 1 is 1.33 bits per heavy atom. The highest BCUT2D eigenvalue weighted by Crippen LogP contribution is 2.05. The molecule has 0 aliphatic rings. The largest absolute Gasteiger partial charge is 0.216 e. The van der Waals surface area contributed by atoms with Crippen LogP contribution in [0.25, 0.3) is 6.08 Å². The van der Waals surface area contributed by atoms with Gasteiger partial charge in [0.05, 0.1) is 0 Å². The fourth-order valence-corrected chi connectivity index (χ4v) is 0.874. The number of hydrogen-bond acceptors (Lipinski definition) is 2. The lowest BCUT2D eigenvalue weighted by Gasteiger charge is -1.93. The molecule has 1 aromatic rings. The van der Waals surface area contributed by atoms with Gasteiger partial charge in [-0.2, -0.15) is 26.4 Å². The Hall–Kier alpha value is -0.900. The zero-order valence-corrected chi connectivity index (χ0v) is 7.06. The third-order valence-corrected chi connectivity index (χ3v) is 1.41. The van der Waals surface area contributed by atoms with Crippen LogP contribution in [0.5, 0.6) is 0 Å². The quantitative estimate of drug-likeness (QED) is 0.553. The third-order valence-electron chi connectivity index (χ3n) is 1.20. The van der Waals surface area contributed by atoms with Crippen LogP contribution in [0.1, 0.15) is 5.56 Å². The standard InChI is InChI=1S/C8H7F2NS/c9-7-4-6(2-1-3-12)5-8(10)11-7/h1-2,4-5,12H,3H2. The first-order chi connectivity index (χ1) is 5.72. The van der Waals surface area contributed by atoms with E-state index in [1.54, 1.807) is 12.2 Å². The molecule has 0 amide bonds. The van der Waals surface area contributed by atoms with E-state index in [4.69, 9.17) is 0 Å². The van der Waals surface area contributed by atoms with Crippen LogP contribution in [0, 0.1) is 11.9 Å². The average Bonchev–Trinajstić information content (AvgIpc) is 1.99. The molecular formula is C8H7F2NS. The number of aromatic nitrogens is 1. The first-order valence-corrected chi connectivity index (χ1v) is 3.96. The molecule has 0 aliphatic carbocycles. The highest BCUT2D eigenvalue weighted by Gasteiger charge is 1.97. The second kappa shape index (κ2) is 4.21. The summed E-state index contributed by atoms with van der Waals surface area (Å²) in [6.45, 7) is 0. The lowest BCUT2D eigenvalue weighted by atomic mass is 10.2. The van der Waals surface area contributed by atoms with Gasteiger partial charge in [0.25, 0.3) is 0 Å². The summed E-state index contributed by atoms with van der Waals surface area (Å²) in [5.74, 6) is -1.09. The summed E-state index contributed by atoms with van der Waals surface area (Å²) < 4.78 is 24.9. The summed E-state index contributed by atoms with van der Waals surface area (Å²) in [5, 5.41) is 0. The van der Waals surface area contributed by atoms with Gasteiger partial charge in [-0.15, -0.1) is 0 Å². The normalized spacial score (nSPS) is 10.9. The van der Waals surface area contributed by atoms with Crippen molar-refractivity contribution in [3.05, 3.63) is 35.7 Å². The Balaban J connectivity index is 2.93. The molecule has 0 aliphatic heterocycles. The number of rotatable bonds is 2. The molecule has 0 N–H and O–H groups in total. The number of thiol groups is 1. The van der Waals surface area contributed by atoms with Crippen molar-refractivity contribution in [1.82, 2.24) is 4.98 Å². The van der Waals surface area contributed by atoms with Gasteiger partial charge in [-0.1, -0.05) is 12.2 Å². The average molecular weight is 187 g/mol. The molecule has 0 aromatic carbocycles. The van der Waals surface area contributed by atoms with Crippen molar-refractivity contribution in [2.24, 2.45) is 0 Å². The van der Waals surface area contributed by atoms with Crippen molar-refractivity contribution in [2.75, 3.05) is 5.75 Å². The SMILES string of the molecule is Fc1cc(C=CCS)cc(F)n1. The van der Waals surface area contributed by atoms with Crippen LogP contribution in [-0.2, 0) is 0 Å². The van der Waals surface area contributed by atoms with E-state index in [0.717, 1.165) is 12.1 Å². The minimum absolute atomic E-state index is 0.453. The molecule has 0 atom stereocenters. The second-order valence-electron chi connectivity index (χ2n) is 2.13. The maximum Gasteiger partial charge on any atom is 0.216 e. The van der Waals surface area contributed by atoms with Crippen LogP contribution in [0.3, 0.4) is 0 Å². The number of halogens is 2. The maximum absolute atomic E-state index is 12.5. The van der Waals surface area contributed by atoms with E-state index < -0.39 is 11.9 Å². The molecule has 0 bridgehead atoms. The van der Waals surface area contributed by atoms with Gasteiger partial charge in [-0.05, 0) is 5.56 Å². The Bertz CT molecular complexity index is 279. The van der Waals surface area contributed by atoms with Gasteiger partial charge in [0.15, 0.2) is 0 Å². The Labute approximate surface area is 74.5 Å². The van der Waals surface area contributed by atoms with E-state index in [1.807, 2.05) is 0 Å². The van der Waals surface area contributed by atoms with Crippen molar-refractivity contribution in [2.45, 2.75) is 0 Å². The number of hydrogen-bond donors (Lipinski definition) is 1. The Morgan fingerprint density at radius 3 is 2.42 bits per heavy atom. The van der Waals surface area contributed by atoms with Crippen molar-refractivity contribution in [3.63, 3.8) is 0 Å². The van der Waals surface area contributed by atoms with Gasteiger partial charge in [-0.3, -0.25) is 0 Å². The number of pyridine rings is 1. The molecule has 1 nitrogen and oxygen atoms in total. The van der Waals surface area contributed by atoms with Gasteiger partial charge in [0, 0.05) is 17.9 Å². The summed E-state index contributed by atoms with van der Waals surface area (Å²) in [6, 6.07) is 2.31. The molecule has 64 valence electrons. The van der Waals surface area contributed by atoms with E-state index in [0.29, 0.717) is 11.3 Å². The third kappa shape index (κ3) is 2.62. The van der Waals surface area contributed by atoms with E-state index in [2.05, 4.69) is 17.6 Å². The van der Waals surface area contributed by atoms with Crippen LogP contribution in [0.4, 0.5) is 8.78 Å². The van der Waals surface area contributed by atoms with Crippen LogP contribution in [0.2, 0.25) is 0 Å². The van der Waals surface area contributed by atoms with Gasteiger partial charge in [0.1, 0.15) is 0 Å². The van der Waals surface area contributed by atoms with Crippen LogP contribution >= 0.6 is 12.6 Å². The highest BCUT2D eigenvalue weighted by molar-refractivity contribution is 7.80. The van der Waals surface area contributed by atoms with Crippen molar-refractivity contribution in [1.29, 1.82) is 0 Å². The summed E-state index contributed by atoms with van der Waals surface area (Å²) in [4.78, 5) is 2.96. The highest BCUT2D eigenvalue weighted by atomic mass is 32.1. The molecule has 0 saturated heterocycles. The molecule has 12 heavy (non-hydrogen) atoms. The molecule has 0 unspecified atom stereocenters. The van der Waals surface area contributed by atoms with Crippen molar-refractivity contribution < 1.29 is 8.78 Å². The zero-order valence-electron chi connectivity index (χ0n) is 6.17. The molecule has 1 aromatic heterocycles. The fourth-order valence-electron chi connectivity index (χ4n) is 0.768. The minimum atomic E-state index is -0.811. The van der Waals surface area contributed by atoms with Gasteiger partial charge in [0.2, 0.25) is 11.9 Å². The summed E-state index contributed by atoms with van der Waals surface area (Å²) in [7, 11) is 0. The first kappa shape index (κ1) is 9.19. The second-order valence-corrected chi connectivity index (χ2v) is 2.50. The summed E-state index contributed by atoms with van der Waals surface area (Å²) >= 11 is 3.91. The maximum atomic E-state index is 12.5. The molecule has 1 rings (SSSR count). The minimum Gasteiger partial charge on any atom is -0.191 e. The van der Waals surface area contributed by atoms with Crippen molar-refractivity contribution >= 4 is 18.7 Å². The predicted octanol–water partition coefficient (Wildman–Crippen LogP) is 2.30. The number of nitrogens with zero attached hydrogens (tertiary/aromatic N) is 1. The lowest BCUT2D eigenvalue weighted by Crippen LogP contribution is -1.88. The first-order valence-electron chi connectivity index (χ1n) is 3.33. The van der Waals surface area contributed by atoms with E-state index in [9.17, 15) is 8.78 Å². The summed E-state index contributed by atoms with van der Waals surface area (Å²) in [6.07, 6.45) is 3.28. The molecule has 0 saturated carbocycles. The smallest absolute Gasteiger partial charge is 0.191 e. The van der Waals surface area contributed by atoms with Gasteiger partial charge in [-0.25, -0.2) is 0 Å². The molecule has 0 radical (unpaired) electrons. The van der Waals surface area contributed by atoms with E-state index >= 15 is 0 Å². The lowest BCUT2D eigenvalue weighted by molar-refractivity contribution is 0.512. The predicted molar refractivity (Wildman–Crippen MR) is 47.0 cm³/mol. The molecule has 0 fully saturated rings. The van der Waals surface area contributed by atoms with Crippen LogP contribution < -0.4 is 0 Å². The zero-order chi connectivity index (χ0) is 8.97. The Kier molecular flexibility index (Phi) is 3.22.